The van der Waals surface area contributed by atoms with Gasteiger partial charge in [0.05, 0.1) is 5.69 Å². The summed E-state index contributed by atoms with van der Waals surface area (Å²) in [5.74, 6) is 0. The number of anilines is 1. The number of thiol groups is 1. The molecule has 1 aromatic carbocycles. The van der Waals surface area contributed by atoms with E-state index in [9.17, 15) is 0 Å². The monoisotopic (exact) mass is 195 g/mol. The lowest BCUT2D eigenvalue weighted by atomic mass is 10.2. The van der Waals surface area contributed by atoms with Crippen LogP contribution in [0.4, 0.5) is 5.69 Å². The first kappa shape index (κ1) is 9.92. The summed E-state index contributed by atoms with van der Waals surface area (Å²) in [5, 5.41) is 6.88. The highest BCUT2D eigenvalue weighted by molar-refractivity contribution is 7.80. The molecule has 2 N–H and O–H groups in total. The number of benzene rings is 1. The summed E-state index contributed by atoms with van der Waals surface area (Å²) in [4.78, 5) is 0.919. The van der Waals surface area contributed by atoms with E-state index in [1.54, 1.807) is 13.4 Å². The zero-order valence-electron chi connectivity index (χ0n) is 7.70. The first-order chi connectivity index (χ1) is 6.25. The Morgan fingerprint density at radius 1 is 1.46 bits per heavy atom. The lowest BCUT2D eigenvalue weighted by molar-refractivity contribution is 0.907. The van der Waals surface area contributed by atoms with Crippen LogP contribution in [0, 0.1) is 6.92 Å². The Bertz CT molecular complexity index is 289. The molecule has 0 heterocycles. The molecule has 70 valence electrons. The smallest absolute Gasteiger partial charge is 0.113 e. The minimum atomic E-state index is 0.919. The molecule has 0 radical (unpaired) electrons. The lowest BCUT2D eigenvalue weighted by Crippen LogP contribution is -2.02. The van der Waals surface area contributed by atoms with Crippen molar-refractivity contribution in [3.8, 4) is 0 Å². The summed E-state index contributed by atoms with van der Waals surface area (Å²) >= 11 is 4.33. The largest absolute Gasteiger partial charge is 0.344 e. The molecule has 0 fully saturated rings. The zero-order valence-corrected chi connectivity index (χ0v) is 8.60. The molecule has 0 bridgehead atoms. The molecule has 4 heteroatoms. The maximum absolute atomic E-state index is 4.33. The van der Waals surface area contributed by atoms with Crippen molar-refractivity contribution in [2.75, 3.05) is 12.4 Å². The van der Waals surface area contributed by atoms with Gasteiger partial charge in [-0.25, -0.2) is 0 Å². The second kappa shape index (κ2) is 4.77. The standard InChI is InChI=1S/C9H13N3S/c1-7-4-3-5-8(13)9(7)11-6-12-10-2/h3-6,10,13H,1-2H3,(H,11,12). The molecule has 0 aliphatic rings. The zero-order chi connectivity index (χ0) is 9.68. The molecule has 0 saturated carbocycles. The van der Waals surface area contributed by atoms with Gasteiger partial charge < -0.3 is 10.7 Å². The van der Waals surface area contributed by atoms with Gasteiger partial charge in [0.15, 0.2) is 0 Å². The van der Waals surface area contributed by atoms with Gasteiger partial charge in [-0.3, -0.25) is 0 Å². The molecule has 1 aromatic rings. The second-order valence-corrected chi connectivity index (χ2v) is 3.08. The number of hydrazone groups is 1. The average Bonchev–Trinajstić information content (AvgIpc) is 2.10. The third-order valence-corrected chi connectivity index (χ3v) is 2.03. The maximum Gasteiger partial charge on any atom is 0.113 e. The fourth-order valence-corrected chi connectivity index (χ4v) is 1.33. The van der Waals surface area contributed by atoms with Crippen LogP contribution in [0.2, 0.25) is 0 Å². The summed E-state index contributed by atoms with van der Waals surface area (Å²) < 4.78 is 0. The Balaban J connectivity index is 2.81. The molecule has 0 aliphatic heterocycles. The van der Waals surface area contributed by atoms with E-state index in [1.807, 2.05) is 25.1 Å². The van der Waals surface area contributed by atoms with E-state index in [0.717, 1.165) is 16.1 Å². The molecule has 13 heavy (non-hydrogen) atoms. The fourth-order valence-electron chi connectivity index (χ4n) is 1.00. The van der Waals surface area contributed by atoms with Crippen LogP contribution in [0.5, 0.6) is 0 Å². The minimum Gasteiger partial charge on any atom is -0.344 e. The predicted molar refractivity (Wildman–Crippen MR) is 59.6 cm³/mol. The van der Waals surface area contributed by atoms with Crippen LogP contribution >= 0.6 is 12.6 Å². The van der Waals surface area contributed by atoms with Gasteiger partial charge >= 0.3 is 0 Å². The number of hydrogen-bond acceptors (Lipinski definition) is 3. The van der Waals surface area contributed by atoms with Gasteiger partial charge in [0.25, 0.3) is 0 Å². The first-order valence-corrected chi connectivity index (χ1v) is 4.44. The van der Waals surface area contributed by atoms with E-state index in [1.165, 1.54) is 0 Å². The van der Waals surface area contributed by atoms with E-state index in [0.29, 0.717) is 0 Å². The van der Waals surface area contributed by atoms with E-state index >= 15 is 0 Å². The highest BCUT2D eigenvalue weighted by Gasteiger charge is 1.98. The van der Waals surface area contributed by atoms with Crippen molar-refractivity contribution in [2.24, 2.45) is 5.10 Å². The Labute approximate surface area is 83.6 Å². The molecule has 3 nitrogen and oxygen atoms in total. The average molecular weight is 195 g/mol. The van der Waals surface area contributed by atoms with E-state index < -0.39 is 0 Å². The summed E-state index contributed by atoms with van der Waals surface area (Å²) in [6, 6.07) is 5.93. The SMILES string of the molecule is CN/N=C\Nc1c(C)cccc1S. The van der Waals surface area contributed by atoms with Crippen LogP contribution in [0.15, 0.2) is 28.2 Å². The van der Waals surface area contributed by atoms with Crippen molar-refractivity contribution in [1.82, 2.24) is 5.43 Å². The molecular formula is C9H13N3S. The van der Waals surface area contributed by atoms with Crippen molar-refractivity contribution >= 4 is 24.7 Å². The normalized spacial score (nSPS) is 10.4. The summed E-state index contributed by atoms with van der Waals surface area (Å²) in [6.45, 7) is 2.02. The maximum atomic E-state index is 4.33. The predicted octanol–water partition coefficient (Wildman–Crippen LogP) is 1.86. The lowest BCUT2D eigenvalue weighted by Gasteiger charge is -2.07. The van der Waals surface area contributed by atoms with Gasteiger partial charge in [-0.2, -0.15) is 5.10 Å². The van der Waals surface area contributed by atoms with Gasteiger partial charge in [-0.05, 0) is 18.6 Å². The molecule has 0 atom stereocenters. The number of para-hydroxylation sites is 1. The van der Waals surface area contributed by atoms with Crippen LogP contribution in [-0.2, 0) is 0 Å². The molecule has 0 aliphatic carbocycles. The Hall–Kier alpha value is -1.16. The summed E-state index contributed by atoms with van der Waals surface area (Å²) in [6.07, 6.45) is 1.60. The van der Waals surface area contributed by atoms with Crippen molar-refractivity contribution in [3.63, 3.8) is 0 Å². The van der Waals surface area contributed by atoms with Gasteiger partial charge in [-0.15, -0.1) is 12.6 Å². The van der Waals surface area contributed by atoms with Gasteiger partial charge in [-0.1, -0.05) is 12.1 Å². The molecule has 0 aromatic heterocycles. The van der Waals surface area contributed by atoms with E-state index in [4.69, 9.17) is 0 Å². The Kier molecular flexibility index (Phi) is 3.64. The van der Waals surface area contributed by atoms with Crippen LogP contribution in [0.3, 0.4) is 0 Å². The number of nitrogens with one attached hydrogen (secondary N) is 2. The summed E-state index contributed by atoms with van der Waals surface area (Å²) in [5.41, 5.74) is 4.80. The summed E-state index contributed by atoms with van der Waals surface area (Å²) in [7, 11) is 1.75. The van der Waals surface area contributed by atoms with Gasteiger partial charge in [0.1, 0.15) is 6.34 Å². The molecule has 0 saturated heterocycles. The topological polar surface area (TPSA) is 36.4 Å². The van der Waals surface area contributed by atoms with Crippen molar-refractivity contribution < 1.29 is 0 Å². The minimum absolute atomic E-state index is 0.919. The van der Waals surface area contributed by atoms with Gasteiger partial charge in [0, 0.05) is 11.9 Å². The van der Waals surface area contributed by atoms with E-state index in [-0.39, 0.29) is 0 Å². The van der Waals surface area contributed by atoms with Crippen LogP contribution in [0.25, 0.3) is 0 Å². The number of aryl methyl sites for hydroxylation is 1. The van der Waals surface area contributed by atoms with Crippen molar-refractivity contribution in [3.05, 3.63) is 23.8 Å². The third-order valence-electron chi connectivity index (χ3n) is 1.65. The molecule has 0 amide bonds. The van der Waals surface area contributed by atoms with E-state index in [2.05, 4.69) is 28.5 Å². The van der Waals surface area contributed by atoms with Crippen LogP contribution < -0.4 is 10.7 Å². The molecule has 0 spiro atoms. The van der Waals surface area contributed by atoms with Crippen LogP contribution in [-0.4, -0.2) is 13.4 Å². The van der Waals surface area contributed by atoms with Gasteiger partial charge in [0.2, 0.25) is 0 Å². The Morgan fingerprint density at radius 2 is 2.23 bits per heavy atom. The number of rotatable bonds is 3. The number of nitrogens with zero attached hydrogens (tertiary/aromatic N) is 1. The molecule has 0 unspecified atom stereocenters. The third kappa shape index (κ3) is 2.66. The Morgan fingerprint density at radius 3 is 2.85 bits per heavy atom. The number of hydrogen-bond donors (Lipinski definition) is 3. The first-order valence-electron chi connectivity index (χ1n) is 3.99. The quantitative estimate of drug-likeness (QED) is 0.298. The van der Waals surface area contributed by atoms with Crippen molar-refractivity contribution in [2.45, 2.75) is 11.8 Å². The fraction of sp³-hybridized carbons (Fsp3) is 0.222. The highest BCUT2D eigenvalue weighted by atomic mass is 32.1. The molecular weight excluding hydrogens is 182 g/mol. The van der Waals surface area contributed by atoms with Crippen LogP contribution in [0.1, 0.15) is 5.56 Å². The van der Waals surface area contributed by atoms with Crippen molar-refractivity contribution in [1.29, 1.82) is 0 Å². The highest BCUT2D eigenvalue weighted by Crippen LogP contribution is 2.22. The molecule has 1 rings (SSSR count). The second-order valence-electron chi connectivity index (χ2n) is 2.60.